The van der Waals surface area contributed by atoms with E-state index in [1.807, 2.05) is 11.8 Å². The van der Waals surface area contributed by atoms with E-state index in [1.165, 1.54) is 0 Å². The Labute approximate surface area is 149 Å². The third-order valence-corrected chi connectivity index (χ3v) is 5.16. The molecule has 7 nitrogen and oxygen atoms in total. The van der Waals surface area contributed by atoms with Crippen LogP contribution in [0.15, 0.2) is 11.2 Å². The quantitative estimate of drug-likeness (QED) is 0.422. The molecular weight excluding hydrogens is 352 g/mol. The average molecular weight is 370 g/mol. The van der Waals surface area contributed by atoms with Crippen LogP contribution in [0.4, 0.5) is 5.82 Å². The van der Waals surface area contributed by atoms with Crippen molar-refractivity contribution in [2.24, 2.45) is 5.92 Å². The second-order valence-corrected chi connectivity index (χ2v) is 7.42. The minimum absolute atomic E-state index is 0.0971. The highest BCUT2D eigenvalue weighted by Crippen LogP contribution is 2.32. The summed E-state index contributed by atoms with van der Waals surface area (Å²) < 4.78 is 0. The van der Waals surface area contributed by atoms with Crippen LogP contribution in [0.2, 0.25) is 5.15 Å². The van der Waals surface area contributed by atoms with Crippen LogP contribution in [-0.2, 0) is 9.59 Å². The van der Waals surface area contributed by atoms with E-state index < -0.39 is 5.97 Å². The number of carboxylic acids is 1. The van der Waals surface area contributed by atoms with Gasteiger partial charge in [-0.1, -0.05) is 23.4 Å². The maximum atomic E-state index is 12.3. The Morgan fingerprint density at radius 2 is 2.12 bits per heavy atom. The van der Waals surface area contributed by atoms with Gasteiger partial charge in [0.25, 0.3) is 0 Å². The maximum Gasteiger partial charge on any atom is 0.226 e. The van der Waals surface area contributed by atoms with Crippen LogP contribution >= 0.6 is 23.4 Å². The van der Waals surface area contributed by atoms with Gasteiger partial charge in [0.15, 0.2) is 5.16 Å². The van der Waals surface area contributed by atoms with Gasteiger partial charge >= 0.3 is 0 Å². The predicted molar refractivity (Wildman–Crippen MR) is 88.9 cm³/mol. The summed E-state index contributed by atoms with van der Waals surface area (Å²) >= 11 is 7.01. The third kappa shape index (κ3) is 4.10. The summed E-state index contributed by atoms with van der Waals surface area (Å²) in [5.74, 6) is -0.264. The van der Waals surface area contributed by atoms with Gasteiger partial charge in [-0.15, -0.1) is 0 Å². The van der Waals surface area contributed by atoms with E-state index in [1.54, 1.807) is 6.07 Å². The molecule has 2 fully saturated rings. The molecule has 0 spiro atoms. The van der Waals surface area contributed by atoms with Crippen molar-refractivity contribution in [1.82, 2.24) is 14.9 Å². The number of thioether (sulfide) groups is 1. The van der Waals surface area contributed by atoms with Crippen molar-refractivity contribution in [3.63, 3.8) is 0 Å². The van der Waals surface area contributed by atoms with Crippen LogP contribution in [0, 0.1) is 5.92 Å². The molecule has 1 aliphatic heterocycles. The lowest BCUT2D eigenvalue weighted by atomic mass is 10.1. The number of carbonyl (C=O) groups excluding carboxylic acids is 2. The zero-order chi connectivity index (χ0) is 17.3. The van der Waals surface area contributed by atoms with Crippen LogP contribution in [0.25, 0.3) is 0 Å². The first-order valence-electron chi connectivity index (χ1n) is 7.86. The number of carboxylic acid groups (broad SMARTS) is 1. The number of carbonyl (C=O) groups is 2. The molecule has 1 saturated heterocycles. The second kappa shape index (κ2) is 7.14. The van der Waals surface area contributed by atoms with Crippen LogP contribution in [-0.4, -0.2) is 58.2 Å². The van der Waals surface area contributed by atoms with Crippen molar-refractivity contribution in [3.05, 3.63) is 11.2 Å². The van der Waals surface area contributed by atoms with Gasteiger partial charge in [-0.3, -0.25) is 4.79 Å². The molecule has 0 unspecified atom stereocenters. The largest absolute Gasteiger partial charge is 0.549 e. The summed E-state index contributed by atoms with van der Waals surface area (Å²) in [5.41, 5.74) is 0. The molecule has 1 aromatic rings. The molecule has 1 saturated carbocycles. The lowest BCUT2D eigenvalue weighted by molar-refractivity contribution is -0.301. The number of halogens is 1. The number of aliphatic carboxylic acids is 1. The van der Waals surface area contributed by atoms with Gasteiger partial charge in [0, 0.05) is 43.4 Å². The van der Waals surface area contributed by atoms with E-state index in [0.717, 1.165) is 24.6 Å². The molecule has 24 heavy (non-hydrogen) atoms. The van der Waals surface area contributed by atoms with E-state index in [4.69, 9.17) is 11.6 Å². The summed E-state index contributed by atoms with van der Waals surface area (Å²) in [6, 6.07) is 1.76. The standard InChI is InChI=1S/C15H19ClN4O3S/c1-9-7-19(4-5-20(9)14(23)10-2-3-10)12-6-11(16)17-15(18-12)24-8-13(21)22/h6,9-10H,2-5,7-8H2,1H3,(H,21,22)/p-1/t9-/m1/s1. The minimum Gasteiger partial charge on any atom is -0.549 e. The molecule has 0 radical (unpaired) electrons. The fraction of sp³-hybridized carbons (Fsp3) is 0.600. The maximum absolute atomic E-state index is 12.3. The molecule has 2 heterocycles. The van der Waals surface area contributed by atoms with E-state index >= 15 is 0 Å². The van der Waals surface area contributed by atoms with Gasteiger partial charge < -0.3 is 19.7 Å². The number of hydrogen-bond acceptors (Lipinski definition) is 7. The Bertz CT molecular complexity index is 656. The lowest BCUT2D eigenvalue weighted by Crippen LogP contribution is -2.54. The number of rotatable bonds is 5. The first-order valence-corrected chi connectivity index (χ1v) is 9.23. The molecule has 0 N–H and O–H groups in total. The highest BCUT2D eigenvalue weighted by Gasteiger charge is 2.37. The zero-order valence-corrected chi connectivity index (χ0v) is 14.8. The van der Waals surface area contributed by atoms with Crippen LogP contribution in [0.3, 0.4) is 0 Å². The topological polar surface area (TPSA) is 89.5 Å². The fourth-order valence-electron chi connectivity index (χ4n) is 2.79. The van der Waals surface area contributed by atoms with Gasteiger partial charge in [0.2, 0.25) is 5.91 Å². The number of piperazine rings is 1. The van der Waals surface area contributed by atoms with Crippen molar-refractivity contribution < 1.29 is 14.7 Å². The Morgan fingerprint density at radius 3 is 2.75 bits per heavy atom. The summed E-state index contributed by atoms with van der Waals surface area (Å²) in [6.07, 6.45) is 2.01. The Kier molecular flexibility index (Phi) is 5.15. The number of hydrogen-bond donors (Lipinski definition) is 0. The normalized spacial score (nSPS) is 21.0. The molecule has 3 rings (SSSR count). The van der Waals surface area contributed by atoms with Crippen molar-refractivity contribution in [3.8, 4) is 0 Å². The Balaban J connectivity index is 1.68. The summed E-state index contributed by atoms with van der Waals surface area (Å²) in [6.45, 7) is 4.01. The Hall–Kier alpha value is -1.54. The number of aromatic nitrogens is 2. The third-order valence-electron chi connectivity index (χ3n) is 4.14. The number of nitrogens with zero attached hydrogens (tertiary/aromatic N) is 4. The fourth-order valence-corrected chi connectivity index (χ4v) is 3.59. The van der Waals surface area contributed by atoms with E-state index in [-0.39, 0.29) is 28.8 Å². The summed E-state index contributed by atoms with van der Waals surface area (Å²) in [7, 11) is 0. The molecule has 9 heteroatoms. The highest BCUT2D eigenvalue weighted by molar-refractivity contribution is 7.99. The molecule has 130 valence electrons. The molecule has 0 bridgehead atoms. The predicted octanol–water partition coefficient (Wildman–Crippen LogP) is 0.419. The average Bonchev–Trinajstić information content (AvgIpc) is 3.36. The smallest absolute Gasteiger partial charge is 0.226 e. The molecule has 2 aliphatic rings. The lowest BCUT2D eigenvalue weighted by Gasteiger charge is -2.40. The zero-order valence-electron chi connectivity index (χ0n) is 13.3. The molecule has 0 aromatic carbocycles. The SMILES string of the molecule is C[C@@H]1CN(c2cc(Cl)nc(SCC(=O)[O-])n2)CCN1C(=O)C1CC1. The van der Waals surface area contributed by atoms with Gasteiger partial charge in [-0.05, 0) is 19.8 Å². The van der Waals surface area contributed by atoms with Gasteiger partial charge in [0.1, 0.15) is 11.0 Å². The molecular formula is C15H18ClN4O3S-. The summed E-state index contributed by atoms with van der Waals surface area (Å²) in [4.78, 5) is 35.3. The van der Waals surface area contributed by atoms with Crippen LogP contribution in [0.5, 0.6) is 0 Å². The number of amides is 1. The molecule has 1 aromatic heterocycles. The van der Waals surface area contributed by atoms with Crippen molar-refractivity contribution in [2.75, 3.05) is 30.3 Å². The van der Waals surface area contributed by atoms with E-state index in [2.05, 4.69) is 14.9 Å². The van der Waals surface area contributed by atoms with E-state index in [9.17, 15) is 14.7 Å². The van der Waals surface area contributed by atoms with Gasteiger partial charge in [0.05, 0.1) is 5.97 Å². The molecule has 1 atom stereocenters. The van der Waals surface area contributed by atoms with Crippen molar-refractivity contribution in [2.45, 2.75) is 31.0 Å². The monoisotopic (exact) mass is 369 g/mol. The van der Waals surface area contributed by atoms with E-state index in [0.29, 0.717) is 30.6 Å². The van der Waals surface area contributed by atoms with Crippen molar-refractivity contribution >= 4 is 41.1 Å². The highest BCUT2D eigenvalue weighted by atomic mass is 35.5. The first kappa shape index (κ1) is 17.3. The second-order valence-electron chi connectivity index (χ2n) is 6.09. The van der Waals surface area contributed by atoms with Crippen LogP contribution in [0.1, 0.15) is 19.8 Å². The van der Waals surface area contributed by atoms with Crippen LogP contribution < -0.4 is 10.0 Å². The van der Waals surface area contributed by atoms with Gasteiger partial charge in [-0.2, -0.15) is 0 Å². The Morgan fingerprint density at radius 1 is 1.38 bits per heavy atom. The summed E-state index contributed by atoms with van der Waals surface area (Å²) in [5, 5.41) is 11.2. The van der Waals surface area contributed by atoms with Crippen molar-refractivity contribution in [1.29, 1.82) is 0 Å². The minimum atomic E-state index is -1.18. The molecule has 1 aliphatic carbocycles. The molecule has 1 amide bonds. The van der Waals surface area contributed by atoms with Gasteiger partial charge in [-0.25, -0.2) is 9.97 Å². The number of anilines is 1. The first-order chi connectivity index (χ1) is 11.4.